The summed E-state index contributed by atoms with van der Waals surface area (Å²) in [6, 6.07) is 5.71. The maximum absolute atomic E-state index is 12.3. The Hall–Kier alpha value is -1.92. The normalized spacial score (nSPS) is 15.2. The molecule has 1 N–H and O–H groups in total. The van der Waals surface area contributed by atoms with Crippen molar-refractivity contribution in [1.29, 1.82) is 0 Å². The first-order valence-corrected chi connectivity index (χ1v) is 8.98. The number of hydrogen-bond acceptors (Lipinski definition) is 5. The monoisotopic (exact) mass is 346 g/mol. The van der Waals surface area contributed by atoms with E-state index in [1.807, 2.05) is 32.0 Å². The first-order chi connectivity index (χ1) is 11.6. The molecule has 2 aromatic heterocycles. The first kappa shape index (κ1) is 16.9. The molecule has 24 heavy (non-hydrogen) atoms. The second kappa shape index (κ2) is 7.77. The van der Waals surface area contributed by atoms with Gasteiger partial charge in [0, 0.05) is 41.4 Å². The maximum Gasteiger partial charge on any atom is 0.252 e. The molecular formula is C18H22N2O3S. The summed E-state index contributed by atoms with van der Waals surface area (Å²) >= 11 is 1.64. The molecule has 0 aromatic carbocycles. The highest BCUT2D eigenvalue weighted by molar-refractivity contribution is 7.12. The third-order valence-electron chi connectivity index (χ3n) is 3.99. The Morgan fingerprint density at radius 1 is 1.38 bits per heavy atom. The zero-order valence-electron chi connectivity index (χ0n) is 14.0. The maximum atomic E-state index is 12.3. The second-order valence-electron chi connectivity index (χ2n) is 5.94. The highest BCUT2D eigenvalue weighted by atomic mass is 32.1. The number of carbonyl (C=O) groups excluding carboxylic acids is 1. The van der Waals surface area contributed by atoms with E-state index in [4.69, 9.17) is 9.47 Å². The highest BCUT2D eigenvalue weighted by Gasteiger charge is 2.16. The summed E-state index contributed by atoms with van der Waals surface area (Å²) in [5.41, 5.74) is 1.73. The van der Waals surface area contributed by atoms with Crippen LogP contribution in [0.5, 0.6) is 5.88 Å². The van der Waals surface area contributed by atoms with Gasteiger partial charge in [0.05, 0.1) is 18.8 Å². The van der Waals surface area contributed by atoms with Gasteiger partial charge in [-0.05, 0) is 31.5 Å². The molecule has 0 spiro atoms. The molecule has 1 saturated heterocycles. The van der Waals surface area contributed by atoms with E-state index >= 15 is 0 Å². The molecule has 1 amide bonds. The molecule has 0 unspecified atom stereocenters. The molecule has 1 fully saturated rings. The molecule has 0 atom stereocenters. The summed E-state index contributed by atoms with van der Waals surface area (Å²) in [6.45, 7) is 5.91. The van der Waals surface area contributed by atoms with Crippen LogP contribution in [0.1, 0.15) is 38.5 Å². The summed E-state index contributed by atoms with van der Waals surface area (Å²) in [4.78, 5) is 18.7. The SMILES string of the molecule is Cc1cc(C(=O)NCc2ccnc(OC3CCOCC3)c2)c(C)s1. The number of nitrogens with one attached hydrogen (secondary N) is 1. The van der Waals surface area contributed by atoms with Crippen LogP contribution in [0.2, 0.25) is 0 Å². The lowest BCUT2D eigenvalue weighted by atomic mass is 10.1. The van der Waals surface area contributed by atoms with Crippen LogP contribution in [0.4, 0.5) is 0 Å². The van der Waals surface area contributed by atoms with E-state index in [0.717, 1.165) is 46.9 Å². The number of amides is 1. The van der Waals surface area contributed by atoms with Crippen molar-refractivity contribution in [3.8, 4) is 5.88 Å². The molecule has 1 aliphatic heterocycles. The van der Waals surface area contributed by atoms with Gasteiger partial charge in [0.15, 0.2) is 0 Å². The van der Waals surface area contributed by atoms with Gasteiger partial charge < -0.3 is 14.8 Å². The van der Waals surface area contributed by atoms with Gasteiger partial charge in [-0.25, -0.2) is 4.98 Å². The van der Waals surface area contributed by atoms with Crippen molar-refractivity contribution >= 4 is 17.2 Å². The van der Waals surface area contributed by atoms with Crippen molar-refractivity contribution in [3.05, 3.63) is 45.3 Å². The van der Waals surface area contributed by atoms with Gasteiger partial charge in [0.2, 0.25) is 5.88 Å². The lowest BCUT2D eigenvalue weighted by Gasteiger charge is -2.22. The molecule has 5 nitrogen and oxygen atoms in total. The van der Waals surface area contributed by atoms with Gasteiger partial charge in [0.1, 0.15) is 6.10 Å². The minimum Gasteiger partial charge on any atom is -0.474 e. The van der Waals surface area contributed by atoms with E-state index in [-0.39, 0.29) is 12.0 Å². The van der Waals surface area contributed by atoms with Crippen LogP contribution in [0.25, 0.3) is 0 Å². The number of aromatic nitrogens is 1. The molecule has 128 valence electrons. The van der Waals surface area contributed by atoms with Crippen LogP contribution >= 0.6 is 11.3 Å². The summed E-state index contributed by atoms with van der Waals surface area (Å²) in [7, 11) is 0. The number of ether oxygens (including phenoxy) is 2. The fourth-order valence-electron chi connectivity index (χ4n) is 2.72. The number of carbonyl (C=O) groups is 1. The number of nitrogens with zero attached hydrogens (tertiary/aromatic N) is 1. The van der Waals surface area contributed by atoms with E-state index in [2.05, 4.69) is 10.3 Å². The van der Waals surface area contributed by atoms with Crippen LogP contribution in [0.15, 0.2) is 24.4 Å². The minimum absolute atomic E-state index is 0.0411. The molecule has 0 saturated carbocycles. The number of pyridine rings is 1. The van der Waals surface area contributed by atoms with Crippen molar-refractivity contribution < 1.29 is 14.3 Å². The highest BCUT2D eigenvalue weighted by Crippen LogP contribution is 2.21. The fourth-order valence-corrected chi connectivity index (χ4v) is 3.64. The summed E-state index contributed by atoms with van der Waals surface area (Å²) in [6.07, 6.45) is 3.65. The third-order valence-corrected chi connectivity index (χ3v) is 4.96. The van der Waals surface area contributed by atoms with E-state index in [0.29, 0.717) is 12.4 Å². The summed E-state index contributed by atoms with van der Waals surface area (Å²) in [5.74, 6) is 0.566. The third kappa shape index (κ3) is 4.33. The Morgan fingerprint density at radius 3 is 2.88 bits per heavy atom. The van der Waals surface area contributed by atoms with Crippen LogP contribution in [-0.2, 0) is 11.3 Å². The number of rotatable bonds is 5. The van der Waals surface area contributed by atoms with Crippen molar-refractivity contribution in [3.63, 3.8) is 0 Å². The van der Waals surface area contributed by atoms with Gasteiger partial charge in [-0.3, -0.25) is 4.79 Å². The molecule has 2 aromatic rings. The zero-order valence-corrected chi connectivity index (χ0v) is 14.8. The average molecular weight is 346 g/mol. The second-order valence-corrected chi connectivity index (χ2v) is 7.40. The predicted octanol–water partition coefficient (Wildman–Crippen LogP) is 3.25. The quantitative estimate of drug-likeness (QED) is 0.903. The average Bonchev–Trinajstić information content (AvgIpc) is 2.92. The van der Waals surface area contributed by atoms with Crippen LogP contribution in [0, 0.1) is 13.8 Å². The van der Waals surface area contributed by atoms with E-state index in [1.165, 1.54) is 0 Å². The number of aryl methyl sites for hydroxylation is 2. The first-order valence-electron chi connectivity index (χ1n) is 8.16. The molecular weight excluding hydrogens is 324 g/mol. The van der Waals surface area contributed by atoms with Crippen molar-refractivity contribution in [2.24, 2.45) is 0 Å². The lowest BCUT2D eigenvalue weighted by molar-refractivity contribution is 0.0237. The Balaban J connectivity index is 1.58. The molecule has 6 heteroatoms. The molecule has 3 rings (SSSR count). The van der Waals surface area contributed by atoms with Gasteiger partial charge in [-0.1, -0.05) is 0 Å². The van der Waals surface area contributed by atoms with Crippen LogP contribution in [0.3, 0.4) is 0 Å². The topological polar surface area (TPSA) is 60.5 Å². The molecule has 3 heterocycles. The van der Waals surface area contributed by atoms with E-state index in [9.17, 15) is 4.79 Å². The number of thiophene rings is 1. The standard InChI is InChI=1S/C18H22N2O3S/c1-12-9-16(13(2)24-12)18(21)20-11-14-3-6-19-17(10-14)23-15-4-7-22-8-5-15/h3,6,9-10,15H,4-5,7-8,11H2,1-2H3,(H,20,21). The van der Waals surface area contributed by atoms with Crippen LogP contribution < -0.4 is 10.1 Å². The van der Waals surface area contributed by atoms with Crippen LogP contribution in [-0.4, -0.2) is 30.2 Å². The molecule has 0 bridgehead atoms. The molecule has 0 radical (unpaired) electrons. The minimum atomic E-state index is -0.0411. The van der Waals surface area contributed by atoms with E-state index < -0.39 is 0 Å². The Kier molecular flexibility index (Phi) is 5.48. The van der Waals surface area contributed by atoms with Crippen molar-refractivity contribution in [2.75, 3.05) is 13.2 Å². The van der Waals surface area contributed by atoms with Gasteiger partial charge in [0.25, 0.3) is 5.91 Å². The Morgan fingerprint density at radius 2 is 2.17 bits per heavy atom. The largest absolute Gasteiger partial charge is 0.474 e. The smallest absolute Gasteiger partial charge is 0.252 e. The van der Waals surface area contributed by atoms with Crippen molar-refractivity contribution in [2.45, 2.75) is 39.3 Å². The fraction of sp³-hybridized carbons (Fsp3) is 0.444. The molecule has 1 aliphatic rings. The van der Waals surface area contributed by atoms with Gasteiger partial charge in [-0.15, -0.1) is 11.3 Å². The number of hydrogen-bond donors (Lipinski definition) is 1. The summed E-state index contributed by atoms with van der Waals surface area (Å²) in [5, 5.41) is 2.96. The lowest BCUT2D eigenvalue weighted by Crippen LogP contribution is -2.26. The zero-order chi connectivity index (χ0) is 16.9. The van der Waals surface area contributed by atoms with E-state index in [1.54, 1.807) is 17.5 Å². The predicted molar refractivity (Wildman–Crippen MR) is 93.7 cm³/mol. The van der Waals surface area contributed by atoms with Gasteiger partial charge in [-0.2, -0.15) is 0 Å². The Labute approximate surface area is 146 Å². The summed E-state index contributed by atoms with van der Waals surface area (Å²) < 4.78 is 11.2. The Bertz CT molecular complexity index is 708. The van der Waals surface area contributed by atoms with Crippen molar-refractivity contribution in [1.82, 2.24) is 10.3 Å². The van der Waals surface area contributed by atoms with Gasteiger partial charge >= 0.3 is 0 Å². The molecule has 0 aliphatic carbocycles.